The van der Waals surface area contributed by atoms with Gasteiger partial charge in [-0.05, 0) is 17.7 Å². The minimum atomic E-state index is -0.244. The van der Waals surface area contributed by atoms with Crippen molar-refractivity contribution >= 4 is 0 Å². The molecule has 2 N–H and O–H groups in total. The van der Waals surface area contributed by atoms with Gasteiger partial charge in [0.15, 0.2) is 0 Å². The number of nitrogens with two attached hydrogens (primary N) is 1. The number of hydrogen-bond acceptors (Lipinski definition) is 3. The van der Waals surface area contributed by atoms with Gasteiger partial charge in [0.1, 0.15) is 11.6 Å². The molecule has 0 unspecified atom stereocenters. The second kappa shape index (κ2) is 4.23. The van der Waals surface area contributed by atoms with E-state index in [0.29, 0.717) is 24.4 Å². The summed E-state index contributed by atoms with van der Waals surface area (Å²) in [6, 6.07) is 8.18. The van der Waals surface area contributed by atoms with E-state index in [1.54, 1.807) is 12.1 Å². The van der Waals surface area contributed by atoms with Crippen LogP contribution in [0.2, 0.25) is 0 Å². The molecule has 0 aliphatic carbocycles. The first-order valence-electron chi connectivity index (χ1n) is 4.67. The maximum absolute atomic E-state index is 12.9. The predicted octanol–water partition coefficient (Wildman–Crippen LogP) is 1.86. The standard InChI is InChI=1S/C11H11FN2O/c12-9-3-1-2-8(4-9)5-11-6-10(7-13)14-15-11/h1-4,6H,5,7,13H2. The van der Waals surface area contributed by atoms with E-state index < -0.39 is 0 Å². The van der Waals surface area contributed by atoms with Crippen LogP contribution < -0.4 is 5.73 Å². The van der Waals surface area contributed by atoms with Crippen LogP contribution in [-0.2, 0) is 13.0 Å². The van der Waals surface area contributed by atoms with Crippen molar-refractivity contribution in [1.29, 1.82) is 0 Å². The Morgan fingerprint density at radius 3 is 2.87 bits per heavy atom. The van der Waals surface area contributed by atoms with Crippen molar-refractivity contribution in [3.8, 4) is 0 Å². The van der Waals surface area contributed by atoms with Crippen molar-refractivity contribution in [1.82, 2.24) is 5.16 Å². The van der Waals surface area contributed by atoms with Crippen LogP contribution in [0.1, 0.15) is 17.0 Å². The Morgan fingerprint density at radius 1 is 1.33 bits per heavy atom. The average molecular weight is 206 g/mol. The summed E-state index contributed by atoms with van der Waals surface area (Å²) in [5, 5.41) is 3.76. The lowest BCUT2D eigenvalue weighted by molar-refractivity contribution is 0.383. The molecule has 3 nitrogen and oxygen atoms in total. The first-order valence-corrected chi connectivity index (χ1v) is 4.67. The van der Waals surface area contributed by atoms with E-state index in [-0.39, 0.29) is 5.82 Å². The lowest BCUT2D eigenvalue weighted by Crippen LogP contribution is -1.95. The Morgan fingerprint density at radius 2 is 2.20 bits per heavy atom. The van der Waals surface area contributed by atoms with Crippen LogP contribution in [-0.4, -0.2) is 5.16 Å². The molecular weight excluding hydrogens is 195 g/mol. The van der Waals surface area contributed by atoms with Gasteiger partial charge in [-0.3, -0.25) is 0 Å². The summed E-state index contributed by atoms with van der Waals surface area (Å²) >= 11 is 0. The second-order valence-corrected chi connectivity index (χ2v) is 3.30. The zero-order valence-corrected chi connectivity index (χ0v) is 8.11. The third-order valence-corrected chi connectivity index (χ3v) is 2.08. The Kier molecular flexibility index (Phi) is 2.78. The average Bonchev–Trinajstić information content (AvgIpc) is 2.65. The minimum absolute atomic E-state index is 0.244. The molecule has 2 aromatic rings. The molecule has 0 saturated carbocycles. The van der Waals surface area contributed by atoms with Gasteiger partial charge in [-0.15, -0.1) is 0 Å². The van der Waals surface area contributed by atoms with E-state index in [0.717, 1.165) is 5.56 Å². The topological polar surface area (TPSA) is 52.0 Å². The molecule has 4 heteroatoms. The first-order chi connectivity index (χ1) is 7.28. The Bertz CT molecular complexity index is 453. The summed E-state index contributed by atoms with van der Waals surface area (Å²) in [6.07, 6.45) is 0.532. The molecule has 0 bridgehead atoms. The summed E-state index contributed by atoms with van der Waals surface area (Å²) in [5.41, 5.74) is 6.96. The molecular formula is C11H11FN2O. The molecule has 0 saturated heterocycles. The van der Waals surface area contributed by atoms with Crippen molar-refractivity contribution in [3.05, 3.63) is 53.2 Å². The molecule has 0 fully saturated rings. The maximum atomic E-state index is 12.9. The fourth-order valence-corrected chi connectivity index (χ4v) is 1.38. The summed E-state index contributed by atoms with van der Waals surface area (Å²) in [7, 11) is 0. The zero-order valence-electron chi connectivity index (χ0n) is 8.11. The van der Waals surface area contributed by atoms with Gasteiger partial charge in [0.2, 0.25) is 0 Å². The molecule has 0 aliphatic rings. The fraction of sp³-hybridized carbons (Fsp3) is 0.182. The van der Waals surface area contributed by atoms with Crippen molar-refractivity contribution in [2.45, 2.75) is 13.0 Å². The van der Waals surface area contributed by atoms with E-state index in [4.69, 9.17) is 10.3 Å². The summed E-state index contributed by atoms with van der Waals surface area (Å²) < 4.78 is 17.9. The molecule has 0 amide bonds. The lowest BCUT2D eigenvalue weighted by atomic mass is 10.1. The Hall–Kier alpha value is -1.68. The molecule has 1 heterocycles. The van der Waals surface area contributed by atoms with Crippen LogP contribution in [0.25, 0.3) is 0 Å². The van der Waals surface area contributed by atoms with Gasteiger partial charge in [0, 0.05) is 19.0 Å². The second-order valence-electron chi connectivity index (χ2n) is 3.30. The van der Waals surface area contributed by atoms with Gasteiger partial charge in [0.25, 0.3) is 0 Å². The SMILES string of the molecule is NCc1cc(Cc2cccc(F)c2)on1. The van der Waals surface area contributed by atoms with Gasteiger partial charge < -0.3 is 10.3 Å². The molecule has 78 valence electrons. The number of nitrogens with zero attached hydrogens (tertiary/aromatic N) is 1. The largest absolute Gasteiger partial charge is 0.361 e. The number of benzene rings is 1. The third kappa shape index (κ3) is 2.41. The first kappa shape index (κ1) is 9.86. The number of rotatable bonds is 3. The van der Waals surface area contributed by atoms with Gasteiger partial charge in [-0.25, -0.2) is 4.39 Å². The molecule has 0 atom stereocenters. The summed E-state index contributed by atoms with van der Waals surface area (Å²) in [5.74, 6) is 0.451. The lowest BCUT2D eigenvalue weighted by Gasteiger charge is -1.96. The van der Waals surface area contributed by atoms with Crippen LogP contribution in [0.5, 0.6) is 0 Å². The number of aromatic nitrogens is 1. The number of halogens is 1. The molecule has 2 rings (SSSR count). The van der Waals surface area contributed by atoms with Gasteiger partial charge in [-0.1, -0.05) is 17.3 Å². The molecule has 15 heavy (non-hydrogen) atoms. The van der Waals surface area contributed by atoms with E-state index in [1.165, 1.54) is 12.1 Å². The van der Waals surface area contributed by atoms with Crippen LogP contribution in [0, 0.1) is 5.82 Å². The quantitative estimate of drug-likeness (QED) is 0.833. The van der Waals surface area contributed by atoms with Crippen LogP contribution in [0.15, 0.2) is 34.9 Å². The van der Waals surface area contributed by atoms with Crippen LogP contribution in [0.3, 0.4) is 0 Å². The fourth-order valence-electron chi connectivity index (χ4n) is 1.38. The zero-order chi connectivity index (χ0) is 10.7. The highest BCUT2D eigenvalue weighted by atomic mass is 19.1. The summed E-state index contributed by atoms with van der Waals surface area (Å²) in [4.78, 5) is 0. The minimum Gasteiger partial charge on any atom is -0.361 e. The third-order valence-electron chi connectivity index (χ3n) is 2.08. The van der Waals surface area contributed by atoms with Gasteiger partial charge in [-0.2, -0.15) is 0 Å². The monoisotopic (exact) mass is 206 g/mol. The molecule has 0 spiro atoms. The van der Waals surface area contributed by atoms with E-state index in [9.17, 15) is 4.39 Å². The summed E-state index contributed by atoms with van der Waals surface area (Å²) in [6.45, 7) is 0.354. The molecule has 0 aliphatic heterocycles. The van der Waals surface area contributed by atoms with Crippen molar-refractivity contribution < 1.29 is 8.91 Å². The van der Waals surface area contributed by atoms with Gasteiger partial charge >= 0.3 is 0 Å². The van der Waals surface area contributed by atoms with E-state index in [1.807, 2.05) is 6.07 Å². The van der Waals surface area contributed by atoms with Crippen molar-refractivity contribution in [2.75, 3.05) is 0 Å². The van der Waals surface area contributed by atoms with Crippen LogP contribution in [0.4, 0.5) is 4.39 Å². The van der Waals surface area contributed by atoms with Crippen molar-refractivity contribution in [2.24, 2.45) is 5.73 Å². The van der Waals surface area contributed by atoms with E-state index >= 15 is 0 Å². The van der Waals surface area contributed by atoms with E-state index in [2.05, 4.69) is 5.16 Å². The molecule has 0 radical (unpaired) electrons. The van der Waals surface area contributed by atoms with Crippen LogP contribution >= 0.6 is 0 Å². The Labute approximate surface area is 86.7 Å². The smallest absolute Gasteiger partial charge is 0.141 e. The molecule has 1 aromatic carbocycles. The normalized spacial score (nSPS) is 10.5. The molecule has 1 aromatic heterocycles. The van der Waals surface area contributed by atoms with Gasteiger partial charge in [0.05, 0.1) is 5.69 Å². The van der Waals surface area contributed by atoms with Crippen molar-refractivity contribution in [3.63, 3.8) is 0 Å². The highest BCUT2D eigenvalue weighted by molar-refractivity contribution is 5.21. The maximum Gasteiger partial charge on any atom is 0.141 e. The predicted molar refractivity (Wildman–Crippen MR) is 53.6 cm³/mol. The number of hydrogen-bond donors (Lipinski definition) is 1. The Balaban J connectivity index is 2.14. The highest BCUT2D eigenvalue weighted by Crippen LogP contribution is 2.11. The highest BCUT2D eigenvalue weighted by Gasteiger charge is 2.04.